The van der Waals surface area contributed by atoms with Gasteiger partial charge in [0.05, 0.1) is 22.6 Å². The first-order valence-electron chi connectivity index (χ1n) is 7.31. The molecule has 0 unspecified atom stereocenters. The molecule has 0 amide bonds. The van der Waals surface area contributed by atoms with Gasteiger partial charge in [-0.05, 0) is 37.3 Å². The van der Waals surface area contributed by atoms with Crippen molar-refractivity contribution in [3.05, 3.63) is 68.5 Å². The van der Waals surface area contributed by atoms with Crippen LogP contribution in [-0.4, -0.2) is 22.4 Å². The van der Waals surface area contributed by atoms with Gasteiger partial charge in [0.15, 0.2) is 0 Å². The van der Waals surface area contributed by atoms with Crippen molar-refractivity contribution in [3.8, 4) is 11.3 Å². The monoisotopic (exact) mass is 376 g/mol. The Morgan fingerprint density at radius 2 is 2.12 bits per heavy atom. The number of nitrogens with zero attached hydrogens (tertiary/aromatic N) is 4. The van der Waals surface area contributed by atoms with Crippen LogP contribution in [-0.2, 0) is 0 Å². The summed E-state index contributed by atoms with van der Waals surface area (Å²) in [6, 6.07) is 11.1. The van der Waals surface area contributed by atoms with Gasteiger partial charge in [-0.15, -0.1) is 11.3 Å². The minimum absolute atomic E-state index is 0.574. The summed E-state index contributed by atoms with van der Waals surface area (Å²) >= 11 is 13.9. The van der Waals surface area contributed by atoms with Gasteiger partial charge in [-0.2, -0.15) is 5.10 Å². The Hall–Kier alpha value is -1.95. The molecule has 7 heteroatoms. The molecule has 4 nitrogen and oxygen atoms in total. The van der Waals surface area contributed by atoms with Gasteiger partial charge in [0.2, 0.25) is 4.80 Å². The van der Waals surface area contributed by atoms with Crippen LogP contribution in [0.15, 0.2) is 58.1 Å². The highest BCUT2D eigenvalue weighted by Crippen LogP contribution is 2.30. The molecule has 122 valence electrons. The number of halogens is 2. The second-order valence-electron chi connectivity index (χ2n) is 4.81. The molecular formula is C17H14Cl2N4S. The molecule has 1 aromatic carbocycles. The molecule has 0 bridgehead atoms. The Kier molecular flexibility index (Phi) is 5.45. The zero-order valence-electron chi connectivity index (χ0n) is 12.9. The Morgan fingerprint density at radius 1 is 1.25 bits per heavy atom. The molecule has 0 aliphatic heterocycles. The summed E-state index contributed by atoms with van der Waals surface area (Å²) in [5.74, 6) is 0. The highest BCUT2D eigenvalue weighted by Gasteiger charge is 2.11. The average molecular weight is 377 g/mol. The van der Waals surface area contributed by atoms with Crippen LogP contribution >= 0.6 is 34.5 Å². The van der Waals surface area contributed by atoms with Gasteiger partial charge in [0.25, 0.3) is 0 Å². The summed E-state index contributed by atoms with van der Waals surface area (Å²) in [4.78, 5) is 9.54. The van der Waals surface area contributed by atoms with Crippen LogP contribution in [0.25, 0.3) is 11.3 Å². The van der Waals surface area contributed by atoms with Crippen LogP contribution in [0, 0.1) is 0 Å². The average Bonchev–Trinajstić information content (AvgIpc) is 2.97. The number of rotatable bonds is 4. The second kappa shape index (κ2) is 7.75. The van der Waals surface area contributed by atoms with Gasteiger partial charge >= 0.3 is 0 Å². The van der Waals surface area contributed by atoms with Gasteiger partial charge < -0.3 is 0 Å². The fourth-order valence-electron chi connectivity index (χ4n) is 2.11. The number of thiazole rings is 1. The molecule has 0 aliphatic carbocycles. The van der Waals surface area contributed by atoms with Crippen LogP contribution < -0.4 is 4.80 Å². The third kappa shape index (κ3) is 3.75. The maximum absolute atomic E-state index is 6.35. The topological polar surface area (TPSA) is 42.5 Å². The Morgan fingerprint density at radius 3 is 2.83 bits per heavy atom. The first kappa shape index (κ1) is 16.9. The molecule has 0 spiro atoms. The number of pyridine rings is 1. The smallest absolute Gasteiger partial charge is 0.206 e. The lowest BCUT2D eigenvalue weighted by Gasteiger charge is -2.06. The minimum Gasteiger partial charge on any atom is -0.258 e. The molecule has 3 aromatic rings. The van der Waals surface area contributed by atoms with Crippen LogP contribution in [0.2, 0.25) is 10.0 Å². The van der Waals surface area contributed by atoms with E-state index in [9.17, 15) is 0 Å². The Bertz CT molecular complexity index is 929. The first-order valence-corrected chi connectivity index (χ1v) is 8.94. The van der Waals surface area contributed by atoms with Crippen molar-refractivity contribution in [1.82, 2.24) is 9.66 Å². The summed E-state index contributed by atoms with van der Waals surface area (Å²) in [6.07, 6.45) is 3.43. The lowest BCUT2D eigenvalue weighted by molar-refractivity contribution is 0.832. The zero-order valence-corrected chi connectivity index (χ0v) is 15.2. The van der Waals surface area contributed by atoms with E-state index in [1.54, 1.807) is 23.2 Å². The van der Waals surface area contributed by atoms with Gasteiger partial charge in [-0.3, -0.25) is 9.98 Å². The molecule has 0 radical (unpaired) electrons. The van der Waals surface area contributed by atoms with E-state index in [2.05, 4.69) is 15.1 Å². The van der Waals surface area contributed by atoms with E-state index < -0.39 is 0 Å². The van der Waals surface area contributed by atoms with Crippen LogP contribution in [0.5, 0.6) is 0 Å². The van der Waals surface area contributed by atoms with Crippen molar-refractivity contribution in [2.24, 2.45) is 10.1 Å². The molecule has 2 heterocycles. The lowest BCUT2D eigenvalue weighted by atomic mass is 10.2. The van der Waals surface area contributed by atoms with E-state index in [1.165, 1.54) is 11.3 Å². The highest BCUT2D eigenvalue weighted by atomic mass is 35.5. The normalized spacial score (nSPS) is 12.2. The van der Waals surface area contributed by atoms with E-state index in [4.69, 9.17) is 23.2 Å². The zero-order chi connectivity index (χ0) is 16.9. The predicted octanol–water partition coefficient (Wildman–Crippen LogP) is 4.72. The van der Waals surface area contributed by atoms with Gasteiger partial charge in [0, 0.05) is 28.7 Å². The number of benzene rings is 1. The highest BCUT2D eigenvalue weighted by molar-refractivity contribution is 7.07. The lowest BCUT2D eigenvalue weighted by Crippen LogP contribution is -2.12. The van der Waals surface area contributed by atoms with E-state index >= 15 is 0 Å². The molecule has 3 rings (SSSR count). The molecule has 0 fully saturated rings. The van der Waals surface area contributed by atoms with Gasteiger partial charge in [-0.25, -0.2) is 4.68 Å². The first-order chi connectivity index (χ1) is 11.7. The number of hydrogen-bond acceptors (Lipinski definition) is 4. The van der Waals surface area contributed by atoms with Crippen molar-refractivity contribution in [1.29, 1.82) is 0 Å². The maximum atomic E-state index is 6.35. The summed E-state index contributed by atoms with van der Waals surface area (Å²) in [5.41, 5.74) is 2.49. The van der Waals surface area contributed by atoms with Crippen molar-refractivity contribution in [3.63, 3.8) is 0 Å². The molecule has 0 saturated carbocycles. The molecule has 2 aromatic heterocycles. The quantitative estimate of drug-likeness (QED) is 0.607. The van der Waals surface area contributed by atoms with Crippen LogP contribution in [0.3, 0.4) is 0 Å². The second-order valence-corrected chi connectivity index (χ2v) is 6.49. The molecule has 0 atom stereocenters. The standard InChI is InChI=1S/C17H14Cl2N4S/c1-2-20-17-23(22-10-13-5-3-4-8-21-13)16(11-24-17)14-7-6-12(18)9-15(14)19/h3-11H,2H2,1H3. The van der Waals surface area contributed by atoms with Crippen LogP contribution in [0.1, 0.15) is 12.6 Å². The Labute approximate surface area is 153 Å². The molecular weight excluding hydrogens is 363 g/mol. The summed E-state index contributed by atoms with van der Waals surface area (Å²) in [5, 5.41) is 7.71. The summed E-state index contributed by atoms with van der Waals surface area (Å²) in [6.45, 7) is 2.66. The largest absolute Gasteiger partial charge is 0.258 e. The molecule has 24 heavy (non-hydrogen) atoms. The fraction of sp³-hybridized carbons (Fsp3) is 0.118. The van der Waals surface area contributed by atoms with E-state index in [-0.39, 0.29) is 0 Å². The van der Waals surface area contributed by atoms with Crippen LogP contribution in [0.4, 0.5) is 0 Å². The van der Waals surface area contributed by atoms with E-state index in [0.717, 1.165) is 21.8 Å². The summed E-state index contributed by atoms with van der Waals surface area (Å²) < 4.78 is 1.78. The fourth-order valence-corrected chi connectivity index (χ4v) is 3.50. The Balaban J connectivity index is 2.11. The van der Waals surface area contributed by atoms with Gasteiger partial charge in [-0.1, -0.05) is 29.3 Å². The van der Waals surface area contributed by atoms with Crippen molar-refractivity contribution >= 4 is 40.8 Å². The third-order valence-corrected chi connectivity index (χ3v) is 4.58. The minimum atomic E-state index is 0.574. The number of aromatic nitrogens is 2. The number of hydrogen-bond donors (Lipinski definition) is 0. The summed E-state index contributed by atoms with van der Waals surface area (Å²) in [7, 11) is 0. The molecule has 0 aliphatic rings. The SMILES string of the molecule is CCN=c1scc(-c2ccc(Cl)cc2Cl)n1N=Cc1ccccn1. The van der Waals surface area contributed by atoms with Crippen molar-refractivity contribution in [2.75, 3.05) is 6.54 Å². The van der Waals surface area contributed by atoms with Gasteiger partial charge in [0.1, 0.15) is 0 Å². The van der Waals surface area contributed by atoms with Crippen molar-refractivity contribution in [2.45, 2.75) is 6.92 Å². The van der Waals surface area contributed by atoms with E-state index in [0.29, 0.717) is 16.6 Å². The molecule has 0 N–H and O–H groups in total. The molecule has 0 saturated heterocycles. The predicted molar refractivity (Wildman–Crippen MR) is 101 cm³/mol. The van der Waals surface area contributed by atoms with E-state index in [1.807, 2.05) is 42.6 Å². The maximum Gasteiger partial charge on any atom is 0.206 e. The van der Waals surface area contributed by atoms with Crippen molar-refractivity contribution < 1.29 is 0 Å². The third-order valence-electron chi connectivity index (χ3n) is 3.18.